The molecule has 0 saturated heterocycles. The molecular formula is C14H25NO5. The van der Waals surface area contributed by atoms with Crippen LogP contribution in [0.4, 0.5) is 0 Å². The van der Waals surface area contributed by atoms with Crippen LogP contribution < -0.4 is 0 Å². The Balaban J connectivity index is 3.66. The lowest BCUT2D eigenvalue weighted by atomic mass is 10.2. The third kappa shape index (κ3) is 10.5. The molecule has 0 aromatic heterocycles. The van der Waals surface area contributed by atoms with E-state index in [-0.39, 0.29) is 25.1 Å². The maximum atomic E-state index is 11.4. The third-order valence-corrected chi connectivity index (χ3v) is 2.75. The summed E-state index contributed by atoms with van der Waals surface area (Å²) < 4.78 is 10.1. The van der Waals surface area contributed by atoms with E-state index in [2.05, 4.69) is 12.1 Å². The van der Waals surface area contributed by atoms with Crippen LogP contribution in [0.3, 0.4) is 0 Å². The van der Waals surface area contributed by atoms with Crippen molar-refractivity contribution in [1.29, 1.82) is 0 Å². The lowest BCUT2D eigenvalue weighted by Crippen LogP contribution is -2.19. The van der Waals surface area contributed by atoms with E-state index in [4.69, 9.17) is 9.47 Å². The van der Waals surface area contributed by atoms with Crippen molar-refractivity contribution in [1.82, 2.24) is 0 Å². The molecule has 0 saturated carbocycles. The molecule has 116 valence electrons. The van der Waals surface area contributed by atoms with Crippen molar-refractivity contribution in [3.05, 3.63) is 4.91 Å². The minimum Gasteiger partial charge on any atom is -0.465 e. The molecule has 0 heterocycles. The molecule has 20 heavy (non-hydrogen) atoms. The third-order valence-electron chi connectivity index (χ3n) is 2.75. The zero-order valence-corrected chi connectivity index (χ0v) is 12.6. The minimum absolute atomic E-state index is 0.0192. The Kier molecular flexibility index (Phi) is 10.5. The van der Waals surface area contributed by atoms with Gasteiger partial charge in [-0.05, 0) is 20.3 Å². The van der Waals surface area contributed by atoms with Gasteiger partial charge in [-0.3, -0.25) is 9.59 Å². The molecule has 0 aliphatic heterocycles. The minimum atomic E-state index is -0.573. The first-order chi connectivity index (χ1) is 9.49. The van der Waals surface area contributed by atoms with Crippen LogP contribution in [-0.2, 0) is 19.1 Å². The summed E-state index contributed by atoms with van der Waals surface area (Å²) in [4.78, 5) is 32.8. The van der Waals surface area contributed by atoms with Gasteiger partial charge in [0, 0.05) is 12.8 Å². The standard InChI is InChI=1S/C14H25NO5/c1-4-5-6-7-13(16)20-12(3)8-9-19-14(17)10-11(2)15-18/h11-12H,4-10H2,1-3H3. The quantitative estimate of drug-likeness (QED) is 0.331. The number of ether oxygens (including phenoxy) is 2. The Morgan fingerprint density at radius 1 is 1.15 bits per heavy atom. The largest absolute Gasteiger partial charge is 0.465 e. The smallest absolute Gasteiger partial charge is 0.308 e. The van der Waals surface area contributed by atoms with Gasteiger partial charge >= 0.3 is 11.9 Å². The molecule has 0 spiro atoms. The number of carbonyl (C=O) groups excluding carboxylic acids is 2. The van der Waals surface area contributed by atoms with Gasteiger partial charge < -0.3 is 9.47 Å². The molecule has 6 nitrogen and oxygen atoms in total. The van der Waals surface area contributed by atoms with Crippen molar-refractivity contribution in [2.24, 2.45) is 5.18 Å². The van der Waals surface area contributed by atoms with Gasteiger partial charge in [-0.15, -0.1) is 0 Å². The fourth-order valence-electron chi connectivity index (χ4n) is 1.54. The van der Waals surface area contributed by atoms with E-state index in [1.54, 1.807) is 13.8 Å². The van der Waals surface area contributed by atoms with Crippen LogP contribution in [0.25, 0.3) is 0 Å². The van der Waals surface area contributed by atoms with E-state index < -0.39 is 12.0 Å². The van der Waals surface area contributed by atoms with Gasteiger partial charge in [-0.25, -0.2) is 0 Å². The van der Waals surface area contributed by atoms with Gasteiger partial charge in [0.05, 0.1) is 19.1 Å². The van der Waals surface area contributed by atoms with Crippen molar-refractivity contribution >= 4 is 11.9 Å². The Hall–Kier alpha value is -1.46. The summed E-state index contributed by atoms with van der Waals surface area (Å²) in [6.45, 7) is 5.56. The van der Waals surface area contributed by atoms with E-state index in [1.807, 2.05) is 0 Å². The van der Waals surface area contributed by atoms with Crippen LogP contribution in [0.2, 0.25) is 0 Å². The van der Waals surface area contributed by atoms with E-state index in [9.17, 15) is 14.5 Å². The molecule has 6 heteroatoms. The number of nitroso groups, excluding NO2 is 1. The van der Waals surface area contributed by atoms with Crippen LogP contribution in [0, 0.1) is 4.91 Å². The summed E-state index contributed by atoms with van der Waals surface area (Å²) >= 11 is 0. The Labute approximate surface area is 120 Å². The first kappa shape index (κ1) is 18.5. The van der Waals surface area contributed by atoms with Crippen LogP contribution in [0.5, 0.6) is 0 Å². The fourth-order valence-corrected chi connectivity index (χ4v) is 1.54. The molecular weight excluding hydrogens is 262 g/mol. The Morgan fingerprint density at radius 2 is 1.85 bits per heavy atom. The number of hydrogen-bond acceptors (Lipinski definition) is 6. The van der Waals surface area contributed by atoms with Crippen molar-refractivity contribution in [3.8, 4) is 0 Å². The highest BCUT2D eigenvalue weighted by Crippen LogP contribution is 2.06. The molecule has 0 amide bonds. The van der Waals surface area contributed by atoms with E-state index in [0.717, 1.165) is 19.3 Å². The highest BCUT2D eigenvalue weighted by Gasteiger charge is 2.12. The first-order valence-corrected chi connectivity index (χ1v) is 7.17. The maximum absolute atomic E-state index is 11.4. The summed E-state index contributed by atoms with van der Waals surface area (Å²) in [6, 6.07) is -0.573. The molecule has 0 rings (SSSR count). The van der Waals surface area contributed by atoms with Crippen molar-refractivity contribution in [2.45, 2.75) is 71.4 Å². The van der Waals surface area contributed by atoms with Crippen LogP contribution in [0.15, 0.2) is 5.18 Å². The molecule has 0 aromatic carbocycles. The van der Waals surface area contributed by atoms with E-state index in [0.29, 0.717) is 12.8 Å². The fraction of sp³-hybridized carbons (Fsp3) is 0.857. The average Bonchev–Trinajstić information content (AvgIpc) is 2.38. The van der Waals surface area contributed by atoms with Gasteiger partial charge in [0.15, 0.2) is 0 Å². The van der Waals surface area contributed by atoms with E-state index >= 15 is 0 Å². The molecule has 0 N–H and O–H groups in total. The summed E-state index contributed by atoms with van der Waals surface area (Å²) in [6.07, 6.45) is 3.51. The Morgan fingerprint density at radius 3 is 2.45 bits per heavy atom. The molecule has 0 aromatic rings. The van der Waals surface area contributed by atoms with Crippen molar-refractivity contribution in [3.63, 3.8) is 0 Å². The summed E-state index contributed by atoms with van der Waals surface area (Å²) in [7, 11) is 0. The van der Waals surface area contributed by atoms with Gasteiger partial charge in [0.1, 0.15) is 6.10 Å². The molecule has 0 aliphatic rings. The van der Waals surface area contributed by atoms with E-state index in [1.165, 1.54) is 0 Å². The highest BCUT2D eigenvalue weighted by molar-refractivity contribution is 5.70. The second-order valence-corrected chi connectivity index (χ2v) is 4.93. The van der Waals surface area contributed by atoms with Gasteiger partial charge in [0.25, 0.3) is 0 Å². The topological polar surface area (TPSA) is 82.0 Å². The zero-order valence-electron chi connectivity index (χ0n) is 12.6. The van der Waals surface area contributed by atoms with Crippen LogP contribution in [-0.4, -0.2) is 30.7 Å². The maximum Gasteiger partial charge on any atom is 0.308 e. The summed E-state index contributed by atoms with van der Waals surface area (Å²) in [5, 5.41) is 2.73. The SMILES string of the molecule is CCCCCC(=O)OC(C)CCOC(=O)CC(C)N=O. The lowest BCUT2D eigenvalue weighted by molar-refractivity contribution is -0.150. The number of esters is 2. The van der Waals surface area contributed by atoms with Crippen molar-refractivity contribution < 1.29 is 19.1 Å². The molecule has 2 atom stereocenters. The number of unbranched alkanes of at least 4 members (excludes halogenated alkanes) is 2. The zero-order chi connectivity index (χ0) is 15.4. The average molecular weight is 287 g/mol. The number of carbonyl (C=O) groups is 2. The number of rotatable bonds is 11. The lowest BCUT2D eigenvalue weighted by Gasteiger charge is -2.13. The molecule has 0 fully saturated rings. The monoisotopic (exact) mass is 287 g/mol. The van der Waals surface area contributed by atoms with Gasteiger partial charge in [-0.1, -0.05) is 24.9 Å². The van der Waals surface area contributed by atoms with Gasteiger partial charge in [0.2, 0.25) is 0 Å². The first-order valence-electron chi connectivity index (χ1n) is 7.17. The van der Waals surface area contributed by atoms with Crippen molar-refractivity contribution in [2.75, 3.05) is 6.61 Å². The highest BCUT2D eigenvalue weighted by atomic mass is 16.6. The normalized spacial score (nSPS) is 13.3. The molecule has 0 aliphatic carbocycles. The predicted octanol–water partition coefficient (Wildman–Crippen LogP) is 2.98. The second kappa shape index (κ2) is 11.4. The molecule has 0 radical (unpaired) electrons. The van der Waals surface area contributed by atoms with Crippen LogP contribution >= 0.6 is 0 Å². The Bertz CT molecular complexity index is 306. The van der Waals surface area contributed by atoms with Crippen LogP contribution in [0.1, 0.15) is 59.3 Å². The molecule has 2 unspecified atom stereocenters. The number of hydrogen-bond donors (Lipinski definition) is 0. The van der Waals surface area contributed by atoms with Gasteiger partial charge in [-0.2, -0.15) is 4.91 Å². The summed E-state index contributed by atoms with van der Waals surface area (Å²) in [5.41, 5.74) is 0. The number of nitrogens with zero attached hydrogens (tertiary/aromatic N) is 1. The summed E-state index contributed by atoms with van der Waals surface area (Å²) in [5.74, 6) is -0.672. The molecule has 0 bridgehead atoms. The second-order valence-electron chi connectivity index (χ2n) is 4.93. The predicted molar refractivity (Wildman–Crippen MR) is 75.1 cm³/mol.